The van der Waals surface area contributed by atoms with Crippen LogP contribution in [0.2, 0.25) is 0 Å². The van der Waals surface area contributed by atoms with Crippen LogP contribution in [0.5, 0.6) is 0 Å². The van der Waals surface area contributed by atoms with Crippen molar-refractivity contribution < 1.29 is 14.5 Å². The molecule has 1 fully saturated rings. The zero-order chi connectivity index (χ0) is 19.2. The standard InChI is InChI=1S/C22H26N2O2/c1-13-11-15(23(3)4)7-9-17(13)19-21(25)20(22(19)26)18-10-8-16(24(5)6)12-14(18)2/h7-12,19,21H,1-6H3. The molecule has 4 heteroatoms. The van der Waals surface area contributed by atoms with Gasteiger partial charge < -0.3 is 10.0 Å². The van der Waals surface area contributed by atoms with Gasteiger partial charge in [-0.1, -0.05) is 12.2 Å². The van der Waals surface area contributed by atoms with E-state index in [9.17, 15) is 9.90 Å². The van der Waals surface area contributed by atoms with Gasteiger partial charge in [-0.05, 0) is 59.9 Å². The van der Waals surface area contributed by atoms with Gasteiger partial charge in [-0.3, -0.25) is 4.79 Å². The SMILES string of the molecule is CC1=CC(=[N+](C)C)C=CC1=C1C(=O)C(c2ccc(N(C)C)cc2C)C1[O-]. The van der Waals surface area contributed by atoms with E-state index in [1.54, 1.807) is 0 Å². The Morgan fingerprint density at radius 2 is 1.81 bits per heavy atom. The van der Waals surface area contributed by atoms with Crippen molar-refractivity contribution in [1.29, 1.82) is 0 Å². The van der Waals surface area contributed by atoms with Crippen LogP contribution in [0.4, 0.5) is 5.69 Å². The van der Waals surface area contributed by atoms with Gasteiger partial charge >= 0.3 is 0 Å². The topological polar surface area (TPSA) is 46.4 Å². The van der Waals surface area contributed by atoms with Gasteiger partial charge in [0.25, 0.3) is 0 Å². The molecule has 0 amide bonds. The summed E-state index contributed by atoms with van der Waals surface area (Å²) >= 11 is 0. The van der Waals surface area contributed by atoms with E-state index < -0.39 is 12.0 Å². The molecule has 1 saturated carbocycles. The molecule has 0 heterocycles. The number of rotatable bonds is 2. The number of ketones is 1. The van der Waals surface area contributed by atoms with E-state index in [0.29, 0.717) is 5.57 Å². The minimum absolute atomic E-state index is 0.0357. The molecule has 1 aromatic carbocycles. The van der Waals surface area contributed by atoms with Crippen LogP contribution < -0.4 is 10.0 Å². The second-order valence-electron chi connectivity index (χ2n) is 7.51. The maximum Gasteiger partial charge on any atom is 0.199 e. The van der Waals surface area contributed by atoms with Crippen molar-refractivity contribution in [2.45, 2.75) is 25.9 Å². The van der Waals surface area contributed by atoms with Crippen molar-refractivity contribution in [2.75, 3.05) is 33.1 Å². The molecule has 0 aromatic heterocycles. The van der Waals surface area contributed by atoms with Crippen LogP contribution in [0.3, 0.4) is 0 Å². The number of hydrogen-bond donors (Lipinski definition) is 0. The largest absolute Gasteiger partial charge is 0.848 e. The first-order valence-corrected chi connectivity index (χ1v) is 8.85. The Balaban J connectivity index is 1.94. The summed E-state index contributed by atoms with van der Waals surface area (Å²) in [4.78, 5) is 14.9. The third-order valence-corrected chi connectivity index (χ3v) is 5.26. The van der Waals surface area contributed by atoms with E-state index in [0.717, 1.165) is 33.7 Å². The maximum absolute atomic E-state index is 12.9. The Bertz CT molecular complexity index is 897. The molecule has 4 nitrogen and oxygen atoms in total. The van der Waals surface area contributed by atoms with Crippen LogP contribution in [0.25, 0.3) is 0 Å². The number of aryl methyl sites for hydroxylation is 1. The van der Waals surface area contributed by atoms with E-state index in [4.69, 9.17) is 0 Å². The Kier molecular flexibility index (Phi) is 4.72. The van der Waals surface area contributed by atoms with Crippen molar-refractivity contribution in [1.82, 2.24) is 0 Å². The van der Waals surface area contributed by atoms with Gasteiger partial charge in [-0.15, -0.1) is 0 Å². The number of Topliss-reactive ketones (excluding diaryl/α,β-unsaturated/α-hetero) is 1. The predicted molar refractivity (Wildman–Crippen MR) is 104 cm³/mol. The zero-order valence-corrected chi connectivity index (χ0v) is 16.3. The fourth-order valence-corrected chi connectivity index (χ4v) is 3.62. The Morgan fingerprint density at radius 3 is 2.31 bits per heavy atom. The third-order valence-electron chi connectivity index (χ3n) is 5.26. The van der Waals surface area contributed by atoms with E-state index in [1.807, 2.05) is 87.9 Å². The molecule has 26 heavy (non-hydrogen) atoms. The fraction of sp³-hybridized carbons (Fsp3) is 0.364. The van der Waals surface area contributed by atoms with Crippen LogP contribution >= 0.6 is 0 Å². The van der Waals surface area contributed by atoms with Crippen LogP contribution in [0.1, 0.15) is 24.0 Å². The molecule has 0 radical (unpaired) electrons. The summed E-state index contributed by atoms with van der Waals surface area (Å²) in [6.45, 7) is 3.93. The normalized spacial score (nSPS) is 25.1. The van der Waals surface area contributed by atoms with E-state index >= 15 is 0 Å². The molecule has 0 aliphatic heterocycles. The predicted octanol–water partition coefficient (Wildman–Crippen LogP) is 1.98. The molecule has 0 bridgehead atoms. The minimum atomic E-state index is -1.00. The number of anilines is 1. The lowest BCUT2D eigenvalue weighted by atomic mass is 9.67. The summed E-state index contributed by atoms with van der Waals surface area (Å²) in [7, 11) is 7.90. The highest BCUT2D eigenvalue weighted by atomic mass is 16.3. The highest BCUT2D eigenvalue weighted by molar-refractivity contribution is 6.12. The molecule has 2 atom stereocenters. The monoisotopic (exact) mass is 350 g/mol. The average molecular weight is 350 g/mol. The molecule has 136 valence electrons. The third kappa shape index (κ3) is 2.95. The van der Waals surface area contributed by atoms with E-state index in [1.165, 1.54) is 0 Å². The molecular weight excluding hydrogens is 324 g/mol. The highest BCUT2D eigenvalue weighted by Gasteiger charge is 2.41. The van der Waals surface area contributed by atoms with Gasteiger partial charge in [0.05, 0.1) is 0 Å². The van der Waals surface area contributed by atoms with Crippen molar-refractivity contribution in [3.8, 4) is 0 Å². The molecule has 0 spiro atoms. The van der Waals surface area contributed by atoms with Gasteiger partial charge in [0, 0.05) is 37.9 Å². The van der Waals surface area contributed by atoms with Gasteiger partial charge in [0.1, 0.15) is 14.1 Å². The lowest BCUT2D eigenvalue weighted by molar-refractivity contribution is -0.462. The van der Waals surface area contributed by atoms with Crippen LogP contribution in [0.15, 0.2) is 53.1 Å². The molecule has 0 N–H and O–H groups in total. The Morgan fingerprint density at radius 1 is 1.12 bits per heavy atom. The van der Waals surface area contributed by atoms with Crippen molar-refractivity contribution >= 4 is 17.2 Å². The summed E-state index contributed by atoms with van der Waals surface area (Å²) in [5, 5.41) is 12.9. The summed E-state index contributed by atoms with van der Waals surface area (Å²) < 4.78 is 2.01. The first-order chi connectivity index (χ1) is 12.2. The van der Waals surface area contributed by atoms with Crippen molar-refractivity contribution in [3.63, 3.8) is 0 Å². The van der Waals surface area contributed by atoms with E-state index in [-0.39, 0.29) is 5.78 Å². The van der Waals surface area contributed by atoms with Crippen molar-refractivity contribution in [2.24, 2.45) is 0 Å². The second kappa shape index (κ2) is 6.69. The molecule has 3 rings (SSSR count). The minimum Gasteiger partial charge on any atom is -0.848 e. The average Bonchev–Trinajstić information content (AvgIpc) is 2.58. The number of allylic oxidation sites excluding steroid dienone is 5. The number of nitrogens with zero attached hydrogens (tertiary/aromatic N) is 2. The number of benzene rings is 1. The number of hydrogen-bond acceptors (Lipinski definition) is 3. The summed E-state index contributed by atoms with van der Waals surface area (Å²) in [5.41, 5.74) is 6.17. The molecule has 1 aromatic rings. The Hall–Kier alpha value is -2.46. The van der Waals surface area contributed by atoms with Crippen LogP contribution in [-0.2, 0) is 4.79 Å². The second-order valence-corrected chi connectivity index (χ2v) is 7.51. The highest BCUT2D eigenvalue weighted by Crippen LogP contribution is 2.42. The summed E-state index contributed by atoms with van der Waals surface area (Å²) in [6, 6.07) is 5.93. The Labute approximate surface area is 155 Å². The fourth-order valence-electron chi connectivity index (χ4n) is 3.62. The summed E-state index contributed by atoms with van der Waals surface area (Å²) in [5.74, 6) is -0.611. The lowest BCUT2D eigenvalue weighted by Crippen LogP contribution is -2.52. The molecule has 2 aliphatic carbocycles. The van der Waals surface area contributed by atoms with Gasteiger partial charge in [0.15, 0.2) is 11.5 Å². The number of carbonyl (C=O) groups excluding carboxylic acids is 1. The number of carbonyl (C=O) groups is 1. The van der Waals surface area contributed by atoms with Gasteiger partial charge in [-0.25, -0.2) is 4.58 Å². The molecule has 2 unspecified atom stereocenters. The van der Waals surface area contributed by atoms with Gasteiger partial charge in [-0.2, -0.15) is 0 Å². The van der Waals surface area contributed by atoms with Crippen LogP contribution in [0, 0.1) is 6.92 Å². The maximum atomic E-state index is 12.9. The molecule has 0 saturated heterocycles. The van der Waals surface area contributed by atoms with Gasteiger partial charge in [0.2, 0.25) is 0 Å². The first-order valence-electron chi connectivity index (χ1n) is 8.85. The lowest BCUT2D eigenvalue weighted by Gasteiger charge is -2.45. The smallest absolute Gasteiger partial charge is 0.199 e. The van der Waals surface area contributed by atoms with Crippen molar-refractivity contribution in [3.05, 3.63) is 64.3 Å². The molecular formula is C22H26N2O2. The summed E-state index contributed by atoms with van der Waals surface area (Å²) in [6.07, 6.45) is 4.88. The van der Waals surface area contributed by atoms with E-state index in [2.05, 4.69) is 0 Å². The first kappa shape index (κ1) is 18.3. The molecule has 2 aliphatic rings. The zero-order valence-electron chi connectivity index (χ0n) is 16.3. The van der Waals surface area contributed by atoms with Crippen LogP contribution in [-0.4, -0.2) is 50.4 Å². The quantitative estimate of drug-likeness (QED) is 0.605.